The van der Waals surface area contributed by atoms with Crippen LogP contribution in [0.3, 0.4) is 0 Å². The third kappa shape index (κ3) is 4.67. The SMILES string of the molecule is O=C(NCCNC(=O)c1cc2cc(Cl)ccc2[nH]1)c1ccc(-n2ccccc2=O)cc1. The van der Waals surface area contributed by atoms with Gasteiger partial charge in [0.15, 0.2) is 0 Å². The number of nitrogens with one attached hydrogen (secondary N) is 3. The zero-order chi connectivity index (χ0) is 21.8. The van der Waals surface area contributed by atoms with Crippen molar-refractivity contribution < 1.29 is 9.59 Å². The standard InChI is InChI=1S/C23H19ClN4O3/c24-17-6-9-19-16(13-17)14-20(27-19)23(31)26-11-10-25-22(30)15-4-7-18(8-5-15)28-12-2-1-3-21(28)29/h1-9,12-14,27H,10-11H2,(H,25,30)(H,26,31). The fourth-order valence-corrected chi connectivity index (χ4v) is 3.37. The Bertz CT molecular complexity index is 1310. The van der Waals surface area contributed by atoms with Gasteiger partial charge < -0.3 is 15.6 Å². The highest BCUT2D eigenvalue weighted by atomic mass is 35.5. The van der Waals surface area contributed by atoms with Gasteiger partial charge in [0, 0.05) is 52.5 Å². The van der Waals surface area contributed by atoms with Crippen molar-refractivity contribution in [1.29, 1.82) is 0 Å². The largest absolute Gasteiger partial charge is 0.351 e. The maximum atomic E-state index is 12.3. The van der Waals surface area contributed by atoms with Gasteiger partial charge in [-0.2, -0.15) is 0 Å². The molecule has 3 N–H and O–H groups in total. The Balaban J connectivity index is 1.29. The van der Waals surface area contributed by atoms with E-state index in [0.717, 1.165) is 10.9 Å². The Morgan fingerprint density at radius 1 is 0.903 bits per heavy atom. The number of benzene rings is 2. The number of halogens is 1. The van der Waals surface area contributed by atoms with Crippen LogP contribution in [-0.2, 0) is 0 Å². The second kappa shape index (κ2) is 8.89. The number of amides is 2. The van der Waals surface area contributed by atoms with Gasteiger partial charge in [-0.05, 0) is 54.6 Å². The summed E-state index contributed by atoms with van der Waals surface area (Å²) in [5.74, 6) is -0.527. The van der Waals surface area contributed by atoms with E-state index in [-0.39, 0.29) is 30.5 Å². The summed E-state index contributed by atoms with van der Waals surface area (Å²) in [4.78, 5) is 39.5. The lowest BCUT2D eigenvalue weighted by molar-refractivity contribution is 0.0925. The van der Waals surface area contributed by atoms with Crippen LogP contribution in [0.15, 0.2) is 77.7 Å². The number of pyridine rings is 1. The average Bonchev–Trinajstić information content (AvgIpc) is 3.20. The molecular weight excluding hydrogens is 416 g/mol. The molecule has 0 saturated heterocycles. The van der Waals surface area contributed by atoms with Crippen molar-refractivity contribution in [3.8, 4) is 5.69 Å². The van der Waals surface area contributed by atoms with Crippen LogP contribution >= 0.6 is 11.6 Å². The smallest absolute Gasteiger partial charge is 0.267 e. The fraction of sp³-hybridized carbons (Fsp3) is 0.0870. The Labute approximate surface area is 182 Å². The number of hydrogen-bond acceptors (Lipinski definition) is 3. The lowest BCUT2D eigenvalue weighted by Crippen LogP contribution is -2.34. The molecule has 2 heterocycles. The normalized spacial score (nSPS) is 10.7. The van der Waals surface area contributed by atoms with E-state index in [1.165, 1.54) is 10.6 Å². The number of nitrogens with zero attached hydrogens (tertiary/aromatic N) is 1. The first kappa shape index (κ1) is 20.4. The first-order chi connectivity index (χ1) is 15.0. The molecule has 0 fully saturated rings. The van der Waals surface area contributed by atoms with Crippen LogP contribution in [0.4, 0.5) is 0 Å². The first-order valence-electron chi connectivity index (χ1n) is 9.64. The number of hydrogen-bond donors (Lipinski definition) is 3. The number of rotatable bonds is 6. The van der Waals surface area contributed by atoms with Crippen molar-refractivity contribution in [3.05, 3.63) is 99.6 Å². The van der Waals surface area contributed by atoms with Gasteiger partial charge in [-0.1, -0.05) is 17.7 Å². The number of carbonyl (C=O) groups excluding carboxylic acids is 2. The molecule has 156 valence electrons. The van der Waals surface area contributed by atoms with Gasteiger partial charge in [-0.15, -0.1) is 0 Å². The van der Waals surface area contributed by atoms with E-state index in [2.05, 4.69) is 15.6 Å². The van der Waals surface area contributed by atoms with Gasteiger partial charge in [0.1, 0.15) is 5.69 Å². The average molecular weight is 435 g/mol. The van der Waals surface area contributed by atoms with E-state index < -0.39 is 0 Å². The van der Waals surface area contributed by atoms with E-state index in [1.54, 1.807) is 60.8 Å². The molecule has 0 unspecified atom stereocenters. The minimum atomic E-state index is -0.265. The van der Waals surface area contributed by atoms with Crippen LogP contribution < -0.4 is 16.2 Å². The number of aromatic amines is 1. The van der Waals surface area contributed by atoms with E-state index in [0.29, 0.717) is 22.0 Å². The van der Waals surface area contributed by atoms with Gasteiger partial charge in [-0.3, -0.25) is 19.0 Å². The molecule has 0 atom stereocenters. The van der Waals surface area contributed by atoms with Gasteiger partial charge in [-0.25, -0.2) is 0 Å². The number of aromatic nitrogens is 2. The van der Waals surface area contributed by atoms with Crippen molar-refractivity contribution in [3.63, 3.8) is 0 Å². The molecule has 7 nitrogen and oxygen atoms in total. The molecule has 0 aliphatic carbocycles. The zero-order valence-electron chi connectivity index (χ0n) is 16.4. The monoisotopic (exact) mass is 434 g/mol. The maximum Gasteiger partial charge on any atom is 0.267 e. The van der Waals surface area contributed by atoms with E-state index in [9.17, 15) is 14.4 Å². The molecule has 2 amide bonds. The lowest BCUT2D eigenvalue weighted by Gasteiger charge is -2.08. The Morgan fingerprint density at radius 3 is 2.39 bits per heavy atom. The second-order valence-corrected chi connectivity index (χ2v) is 7.32. The van der Waals surface area contributed by atoms with Crippen LogP contribution in [0.5, 0.6) is 0 Å². The molecule has 0 bridgehead atoms. The summed E-state index contributed by atoms with van der Waals surface area (Å²) < 4.78 is 1.50. The topological polar surface area (TPSA) is 96.0 Å². The number of fused-ring (bicyclic) bond motifs is 1. The predicted molar refractivity (Wildman–Crippen MR) is 120 cm³/mol. The van der Waals surface area contributed by atoms with Crippen molar-refractivity contribution >= 4 is 34.3 Å². The predicted octanol–water partition coefficient (Wildman–Crippen LogP) is 3.13. The van der Waals surface area contributed by atoms with E-state index >= 15 is 0 Å². The minimum Gasteiger partial charge on any atom is -0.351 e. The fourth-order valence-electron chi connectivity index (χ4n) is 3.19. The molecule has 2 aromatic heterocycles. The summed E-state index contributed by atoms with van der Waals surface area (Å²) in [6.45, 7) is 0.550. The molecule has 4 rings (SSSR count). The summed E-state index contributed by atoms with van der Waals surface area (Å²) in [5.41, 5.74) is 2.24. The number of H-pyrrole nitrogens is 1. The summed E-state index contributed by atoms with van der Waals surface area (Å²) in [6, 6.07) is 18.7. The molecule has 31 heavy (non-hydrogen) atoms. The van der Waals surface area contributed by atoms with Gasteiger partial charge >= 0.3 is 0 Å². The minimum absolute atomic E-state index is 0.145. The van der Waals surface area contributed by atoms with Crippen molar-refractivity contribution in [2.24, 2.45) is 0 Å². The summed E-state index contributed by atoms with van der Waals surface area (Å²) in [5, 5.41) is 6.98. The molecule has 0 saturated carbocycles. The third-order valence-corrected chi connectivity index (χ3v) is 4.99. The summed E-state index contributed by atoms with van der Waals surface area (Å²) >= 11 is 5.97. The van der Waals surface area contributed by atoms with Crippen molar-refractivity contribution in [1.82, 2.24) is 20.2 Å². The van der Waals surface area contributed by atoms with Crippen LogP contribution in [0.25, 0.3) is 16.6 Å². The molecule has 4 aromatic rings. The summed E-state index contributed by atoms with van der Waals surface area (Å²) in [6.07, 6.45) is 1.67. The Hall–Kier alpha value is -3.84. The quantitative estimate of drug-likeness (QED) is 0.407. The second-order valence-electron chi connectivity index (χ2n) is 6.88. The summed E-state index contributed by atoms with van der Waals surface area (Å²) in [7, 11) is 0. The highest BCUT2D eigenvalue weighted by Gasteiger charge is 2.10. The highest BCUT2D eigenvalue weighted by molar-refractivity contribution is 6.31. The molecule has 0 radical (unpaired) electrons. The zero-order valence-corrected chi connectivity index (χ0v) is 17.1. The van der Waals surface area contributed by atoms with Crippen LogP contribution in [0.1, 0.15) is 20.8 Å². The third-order valence-electron chi connectivity index (χ3n) is 4.75. The molecule has 0 aliphatic heterocycles. The maximum absolute atomic E-state index is 12.3. The van der Waals surface area contributed by atoms with Crippen LogP contribution in [0, 0.1) is 0 Å². The molecular formula is C23H19ClN4O3. The Kier molecular flexibility index (Phi) is 5.86. The van der Waals surface area contributed by atoms with Gasteiger partial charge in [0.05, 0.1) is 0 Å². The molecule has 0 spiro atoms. The van der Waals surface area contributed by atoms with E-state index in [1.807, 2.05) is 6.07 Å². The molecule has 8 heteroatoms. The number of carbonyl (C=O) groups is 2. The Morgan fingerprint density at radius 2 is 1.65 bits per heavy atom. The lowest BCUT2D eigenvalue weighted by atomic mass is 10.2. The highest BCUT2D eigenvalue weighted by Crippen LogP contribution is 2.20. The molecule has 2 aromatic carbocycles. The van der Waals surface area contributed by atoms with Crippen molar-refractivity contribution in [2.75, 3.05) is 13.1 Å². The van der Waals surface area contributed by atoms with Crippen LogP contribution in [-0.4, -0.2) is 34.5 Å². The first-order valence-corrected chi connectivity index (χ1v) is 10.0. The van der Waals surface area contributed by atoms with Crippen molar-refractivity contribution in [2.45, 2.75) is 0 Å². The molecule has 0 aliphatic rings. The van der Waals surface area contributed by atoms with Gasteiger partial charge in [0.25, 0.3) is 17.4 Å². The van der Waals surface area contributed by atoms with Crippen LogP contribution in [0.2, 0.25) is 5.02 Å². The van der Waals surface area contributed by atoms with E-state index in [4.69, 9.17) is 11.6 Å². The van der Waals surface area contributed by atoms with Gasteiger partial charge in [0.2, 0.25) is 0 Å².